The smallest absolute Gasteiger partial charge is 0.370 e. The molecule has 0 radical (unpaired) electrons. The van der Waals surface area contributed by atoms with Crippen molar-refractivity contribution in [2.24, 2.45) is 16.6 Å². The van der Waals surface area contributed by atoms with Gasteiger partial charge in [0.05, 0.1) is 11.4 Å². The monoisotopic (exact) mass is 508 g/mol. The van der Waals surface area contributed by atoms with Crippen LogP contribution < -0.4 is 16.4 Å². The molecule has 0 aliphatic carbocycles. The van der Waals surface area contributed by atoms with E-state index in [0.29, 0.717) is 27.5 Å². The maximum Gasteiger partial charge on any atom is 0.389 e. The van der Waals surface area contributed by atoms with E-state index in [2.05, 4.69) is 15.6 Å². The fourth-order valence-electron chi connectivity index (χ4n) is 3.81. The molecule has 0 saturated carbocycles. The first-order chi connectivity index (χ1) is 16.4. The molecule has 1 heterocycles. The van der Waals surface area contributed by atoms with Gasteiger partial charge < -0.3 is 16.4 Å². The van der Waals surface area contributed by atoms with Crippen LogP contribution in [0.3, 0.4) is 0 Å². The average molecular weight is 509 g/mol. The van der Waals surface area contributed by atoms with E-state index in [1.165, 1.54) is 0 Å². The minimum atomic E-state index is -4.39. The van der Waals surface area contributed by atoms with Crippen molar-refractivity contribution in [3.05, 3.63) is 64.2 Å². The first-order valence-electron chi connectivity index (χ1n) is 10.8. The highest BCUT2D eigenvalue weighted by atomic mass is 35.5. The first kappa shape index (κ1) is 26.2. The van der Waals surface area contributed by atoms with Gasteiger partial charge in [0.1, 0.15) is 0 Å². The number of halogens is 4. The molecular formula is C24H24ClF3N4O3. The van der Waals surface area contributed by atoms with Crippen LogP contribution >= 0.6 is 11.6 Å². The lowest BCUT2D eigenvalue weighted by atomic mass is 9.96. The maximum absolute atomic E-state index is 13.0. The molecule has 11 heteroatoms. The Bertz CT molecular complexity index is 1170. The summed E-state index contributed by atoms with van der Waals surface area (Å²) in [7, 11) is 0. The van der Waals surface area contributed by atoms with Crippen LogP contribution in [0, 0.1) is 12.8 Å². The zero-order chi connectivity index (χ0) is 25.8. The Morgan fingerprint density at radius 3 is 2.60 bits per heavy atom. The molecule has 2 atom stereocenters. The van der Waals surface area contributed by atoms with Gasteiger partial charge in [-0.15, -0.1) is 0 Å². The molecule has 1 aliphatic heterocycles. The van der Waals surface area contributed by atoms with Crippen LogP contribution in [0.4, 0.5) is 18.9 Å². The standard InChI is InChI=1S/C24H24ClF3N4O3/c1-13-5-2-9-17-19(13)31-23(35)21(30-20(17)14-6-3-8-16(25)11-14)32-22(34)15(12-18(29)33)7-4-10-24(26,27)28/h2-3,5-6,8-9,11,15,21H,4,7,10,12H2,1H3,(H2,29,33)(H,31,35)(H,32,34). The number of primary amides is 1. The maximum atomic E-state index is 13.0. The van der Waals surface area contributed by atoms with Crippen molar-refractivity contribution in [1.82, 2.24) is 5.32 Å². The minimum absolute atomic E-state index is 0.229. The van der Waals surface area contributed by atoms with Crippen molar-refractivity contribution in [2.45, 2.75) is 44.9 Å². The van der Waals surface area contributed by atoms with E-state index >= 15 is 0 Å². The van der Waals surface area contributed by atoms with Gasteiger partial charge in [-0.2, -0.15) is 13.2 Å². The van der Waals surface area contributed by atoms with E-state index < -0.39 is 48.8 Å². The van der Waals surface area contributed by atoms with E-state index in [9.17, 15) is 27.6 Å². The van der Waals surface area contributed by atoms with Crippen LogP contribution in [-0.4, -0.2) is 35.8 Å². The first-order valence-corrected chi connectivity index (χ1v) is 11.2. The number of nitrogens with one attached hydrogen (secondary N) is 2. The molecule has 3 amide bonds. The van der Waals surface area contributed by atoms with Crippen LogP contribution in [-0.2, 0) is 14.4 Å². The second-order valence-electron chi connectivity index (χ2n) is 8.26. The molecular weight excluding hydrogens is 485 g/mol. The number of anilines is 1. The molecule has 4 N–H and O–H groups in total. The summed E-state index contributed by atoms with van der Waals surface area (Å²) >= 11 is 6.15. The summed E-state index contributed by atoms with van der Waals surface area (Å²) in [5.41, 5.74) is 8.06. The molecule has 0 fully saturated rings. The van der Waals surface area contributed by atoms with Crippen LogP contribution in [0.15, 0.2) is 47.5 Å². The summed E-state index contributed by atoms with van der Waals surface area (Å²) < 4.78 is 37.7. The van der Waals surface area contributed by atoms with Crippen molar-refractivity contribution in [3.8, 4) is 0 Å². The number of benzodiazepines with no additional fused rings is 1. The highest BCUT2D eigenvalue weighted by molar-refractivity contribution is 6.31. The summed E-state index contributed by atoms with van der Waals surface area (Å²) in [5, 5.41) is 5.67. The second-order valence-corrected chi connectivity index (χ2v) is 8.70. The molecule has 2 aromatic carbocycles. The molecule has 186 valence electrons. The van der Waals surface area contributed by atoms with Gasteiger partial charge in [0.25, 0.3) is 5.91 Å². The van der Waals surface area contributed by atoms with Crippen LogP contribution in [0.2, 0.25) is 5.02 Å². The van der Waals surface area contributed by atoms with E-state index in [-0.39, 0.29) is 12.8 Å². The topological polar surface area (TPSA) is 114 Å². The summed E-state index contributed by atoms with van der Waals surface area (Å²) in [6, 6.07) is 12.2. The lowest BCUT2D eigenvalue weighted by Gasteiger charge is -2.19. The van der Waals surface area contributed by atoms with Crippen molar-refractivity contribution >= 4 is 40.7 Å². The largest absolute Gasteiger partial charge is 0.389 e. The number of alkyl halides is 3. The Morgan fingerprint density at radius 1 is 1.23 bits per heavy atom. The Labute approximate surface area is 204 Å². The Morgan fingerprint density at radius 2 is 1.94 bits per heavy atom. The van der Waals surface area contributed by atoms with Crippen molar-refractivity contribution < 1.29 is 27.6 Å². The summed E-state index contributed by atoms with van der Waals surface area (Å²) in [5.74, 6) is -3.41. The molecule has 7 nitrogen and oxygen atoms in total. The van der Waals surface area contributed by atoms with Crippen molar-refractivity contribution in [1.29, 1.82) is 0 Å². The third-order valence-electron chi connectivity index (χ3n) is 5.49. The predicted molar refractivity (Wildman–Crippen MR) is 126 cm³/mol. The van der Waals surface area contributed by atoms with Crippen LogP contribution in [0.25, 0.3) is 0 Å². The summed E-state index contributed by atoms with van der Waals surface area (Å²) in [6.07, 6.45) is -7.95. The number of fused-ring (bicyclic) bond motifs is 1. The molecule has 0 saturated heterocycles. The van der Waals surface area contributed by atoms with Gasteiger partial charge in [0, 0.05) is 34.9 Å². The van der Waals surface area contributed by atoms with Gasteiger partial charge in [0.15, 0.2) is 0 Å². The number of nitrogens with zero attached hydrogens (tertiary/aromatic N) is 1. The molecule has 1 aliphatic rings. The van der Waals surface area contributed by atoms with E-state index in [4.69, 9.17) is 17.3 Å². The van der Waals surface area contributed by atoms with E-state index in [1.807, 2.05) is 0 Å². The van der Waals surface area contributed by atoms with Gasteiger partial charge >= 0.3 is 6.18 Å². The number of amides is 3. The molecule has 3 rings (SSSR count). The highest BCUT2D eigenvalue weighted by Gasteiger charge is 2.32. The second kappa shape index (κ2) is 10.9. The minimum Gasteiger partial charge on any atom is -0.370 e. The van der Waals surface area contributed by atoms with Crippen LogP contribution in [0.5, 0.6) is 0 Å². The van der Waals surface area contributed by atoms with Crippen LogP contribution in [0.1, 0.15) is 42.4 Å². The lowest BCUT2D eigenvalue weighted by Crippen LogP contribution is -2.45. The van der Waals surface area contributed by atoms with E-state index in [1.54, 1.807) is 49.4 Å². The lowest BCUT2D eigenvalue weighted by molar-refractivity contribution is -0.138. The Kier molecular flexibility index (Phi) is 8.16. The molecule has 0 spiro atoms. The highest BCUT2D eigenvalue weighted by Crippen LogP contribution is 2.28. The van der Waals surface area contributed by atoms with E-state index in [0.717, 1.165) is 5.56 Å². The zero-order valence-corrected chi connectivity index (χ0v) is 19.5. The Hall–Kier alpha value is -3.40. The number of hydrogen-bond acceptors (Lipinski definition) is 4. The predicted octanol–water partition coefficient (Wildman–Crippen LogP) is 4.10. The molecule has 0 bridgehead atoms. The zero-order valence-electron chi connectivity index (χ0n) is 18.8. The summed E-state index contributed by atoms with van der Waals surface area (Å²) in [4.78, 5) is 41.9. The molecule has 2 aromatic rings. The van der Waals surface area contributed by atoms with Gasteiger partial charge in [-0.05, 0) is 37.5 Å². The number of aryl methyl sites for hydroxylation is 1. The number of rotatable bonds is 8. The van der Waals surface area contributed by atoms with Gasteiger partial charge in [-0.25, -0.2) is 4.99 Å². The Balaban J connectivity index is 1.93. The number of nitrogens with two attached hydrogens (primary N) is 1. The van der Waals surface area contributed by atoms with Crippen molar-refractivity contribution in [3.63, 3.8) is 0 Å². The number of aliphatic imine (C=N–C) groups is 1. The van der Waals surface area contributed by atoms with Gasteiger partial charge in [-0.1, -0.05) is 41.9 Å². The fraction of sp³-hybridized carbons (Fsp3) is 0.333. The number of benzene rings is 2. The number of carbonyl (C=O) groups excluding carboxylic acids is 3. The summed E-state index contributed by atoms with van der Waals surface area (Å²) in [6.45, 7) is 1.80. The van der Waals surface area contributed by atoms with Gasteiger partial charge in [-0.3, -0.25) is 14.4 Å². The SMILES string of the molecule is Cc1cccc2c1NC(=O)C(NC(=O)C(CCCC(F)(F)F)CC(N)=O)N=C2c1cccc(Cl)c1. The normalized spacial score (nSPS) is 16.4. The third-order valence-corrected chi connectivity index (χ3v) is 5.73. The number of carbonyl (C=O) groups is 3. The number of para-hydroxylation sites is 1. The average Bonchev–Trinajstić information content (AvgIpc) is 2.89. The quantitative estimate of drug-likeness (QED) is 0.498. The molecule has 35 heavy (non-hydrogen) atoms. The molecule has 0 aromatic heterocycles. The molecule has 2 unspecified atom stereocenters. The fourth-order valence-corrected chi connectivity index (χ4v) is 4.00. The van der Waals surface area contributed by atoms with Crippen molar-refractivity contribution in [2.75, 3.05) is 5.32 Å². The van der Waals surface area contributed by atoms with Gasteiger partial charge in [0.2, 0.25) is 18.0 Å². The third kappa shape index (κ3) is 7.05. The number of hydrogen-bond donors (Lipinski definition) is 3.